The molecule has 1 aliphatic rings. The Hall–Kier alpha value is -1.97. The van der Waals surface area contributed by atoms with Crippen LogP contribution < -0.4 is 0 Å². The molecule has 8 nitrogen and oxygen atoms in total. The number of nitrogens with one attached hydrogen (secondary N) is 1. The summed E-state index contributed by atoms with van der Waals surface area (Å²) in [7, 11) is 1.17. The van der Waals surface area contributed by atoms with Crippen LogP contribution in [0.15, 0.2) is 16.1 Å². The Bertz CT molecular complexity index is 901. The fourth-order valence-electron chi connectivity index (χ4n) is 3.01. The van der Waals surface area contributed by atoms with Gasteiger partial charge in [0.15, 0.2) is 5.69 Å². The normalized spacial score (nSPS) is 16.0. The smallest absolute Gasteiger partial charge is 0.242 e. The molecule has 0 fully saturated rings. The van der Waals surface area contributed by atoms with Gasteiger partial charge in [0, 0.05) is 32.6 Å². The molecule has 0 saturated heterocycles. The first-order valence-corrected chi connectivity index (χ1v) is 8.55. The molecule has 0 saturated carbocycles. The summed E-state index contributed by atoms with van der Waals surface area (Å²) in [6.07, 6.45) is 0.622. The predicted molar refractivity (Wildman–Crippen MR) is 86.3 cm³/mol. The summed E-state index contributed by atoms with van der Waals surface area (Å²) < 4.78 is 26.5. The van der Waals surface area contributed by atoms with E-state index in [0.717, 1.165) is 16.4 Å². The van der Waals surface area contributed by atoms with Crippen molar-refractivity contribution in [1.82, 2.24) is 14.2 Å². The van der Waals surface area contributed by atoms with E-state index in [1.807, 2.05) is 11.9 Å². The van der Waals surface area contributed by atoms with Crippen molar-refractivity contribution in [1.29, 1.82) is 0 Å². The van der Waals surface area contributed by atoms with Crippen molar-refractivity contribution in [2.45, 2.75) is 17.9 Å². The molecular weight excluding hydrogens is 320 g/mol. The summed E-state index contributed by atoms with van der Waals surface area (Å²) >= 11 is 0. The summed E-state index contributed by atoms with van der Waals surface area (Å²) in [4.78, 5) is 16.0. The van der Waals surface area contributed by atoms with E-state index in [0.29, 0.717) is 29.4 Å². The van der Waals surface area contributed by atoms with Gasteiger partial charge in [0.05, 0.1) is 10.4 Å². The van der Waals surface area contributed by atoms with Crippen molar-refractivity contribution in [3.63, 3.8) is 0 Å². The number of rotatable bonds is 3. The molecule has 1 aliphatic heterocycles. The van der Waals surface area contributed by atoms with Crippen molar-refractivity contribution in [2.24, 2.45) is 5.18 Å². The van der Waals surface area contributed by atoms with Crippen LogP contribution in [0.3, 0.4) is 0 Å². The van der Waals surface area contributed by atoms with Gasteiger partial charge in [-0.15, -0.1) is 4.91 Å². The maximum Gasteiger partial charge on any atom is 0.242 e. The number of benzene rings is 1. The third-order valence-electron chi connectivity index (χ3n) is 4.25. The molecule has 23 heavy (non-hydrogen) atoms. The van der Waals surface area contributed by atoms with Gasteiger partial charge in [0.2, 0.25) is 15.9 Å². The number of nitrogens with zero attached hydrogens (tertiary/aromatic N) is 3. The number of H-pyrrole nitrogens is 1. The molecule has 2 N–H and O–H groups in total. The predicted octanol–water partition coefficient (Wildman–Crippen LogP) is 1.51. The number of hydrogen-bond acceptors (Lipinski definition) is 6. The minimum absolute atomic E-state index is 0.153. The van der Waals surface area contributed by atoms with E-state index in [2.05, 4.69) is 10.2 Å². The van der Waals surface area contributed by atoms with Crippen molar-refractivity contribution in [2.75, 3.05) is 27.7 Å². The molecule has 0 bridgehead atoms. The molecule has 0 aliphatic carbocycles. The van der Waals surface area contributed by atoms with Gasteiger partial charge in [-0.2, -0.15) is 0 Å². The number of fused-ring (bicyclic) bond motifs is 3. The molecule has 2 heterocycles. The number of aromatic hydroxyl groups is 1. The van der Waals surface area contributed by atoms with Gasteiger partial charge in [-0.3, -0.25) is 0 Å². The van der Waals surface area contributed by atoms with Gasteiger partial charge in [0.25, 0.3) is 0 Å². The van der Waals surface area contributed by atoms with Crippen molar-refractivity contribution < 1.29 is 13.5 Å². The van der Waals surface area contributed by atoms with Crippen LogP contribution in [0, 0.1) is 4.91 Å². The van der Waals surface area contributed by atoms with Crippen molar-refractivity contribution in [3.05, 3.63) is 22.1 Å². The van der Waals surface area contributed by atoms with Crippen molar-refractivity contribution in [3.8, 4) is 5.88 Å². The zero-order valence-corrected chi connectivity index (χ0v) is 13.9. The summed E-state index contributed by atoms with van der Waals surface area (Å²) in [5.41, 5.74) is 1.93. The zero-order valence-electron chi connectivity index (χ0n) is 13.1. The maximum atomic E-state index is 12.7. The lowest BCUT2D eigenvalue weighted by atomic mass is 9.97. The lowest BCUT2D eigenvalue weighted by Gasteiger charge is -2.28. The summed E-state index contributed by atoms with van der Waals surface area (Å²) in [6.45, 7) is 1.24. The Balaban J connectivity index is 2.44. The first kappa shape index (κ1) is 15.9. The number of hydrogen-bond donors (Lipinski definition) is 2. The number of nitroso groups, excluding NO2 is 1. The highest BCUT2D eigenvalue weighted by Gasteiger charge is 2.30. The highest BCUT2D eigenvalue weighted by Crippen LogP contribution is 2.41. The van der Waals surface area contributed by atoms with Crippen LogP contribution >= 0.6 is 0 Å². The second kappa shape index (κ2) is 5.29. The molecule has 0 amide bonds. The molecule has 0 atom stereocenters. The third kappa shape index (κ3) is 2.32. The third-order valence-corrected chi connectivity index (χ3v) is 6.13. The Morgan fingerprint density at radius 2 is 2.04 bits per heavy atom. The zero-order chi connectivity index (χ0) is 16.9. The highest BCUT2D eigenvalue weighted by molar-refractivity contribution is 7.89. The second-order valence-electron chi connectivity index (χ2n) is 5.94. The molecule has 2 aromatic rings. The van der Waals surface area contributed by atoms with Gasteiger partial charge in [0.1, 0.15) is 0 Å². The minimum atomic E-state index is -3.68. The highest BCUT2D eigenvalue weighted by atomic mass is 32.2. The van der Waals surface area contributed by atoms with Crippen LogP contribution in [0.25, 0.3) is 10.9 Å². The van der Waals surface area contributed by atoms with E-state index >= 15 is 0 Å². The average molecular weight is 338 g/mol. The molecule has 0 spiro atoms. The molecule has 9 heteroatoms. The maximum absolute atomic E-state index is 12.7. The van der Waals surface area contributed by atoms with Crippen LogP contribution in [0.2, 0.25) is 0 Å². The van der Waals surface area contributed by atoms with E-state index in [-0.39, 0.29) is 16.5 Å². The Labute approximate surface area is 133 Å². The topological polar surface area (TPSA) is 106 Å². The summed E-state index contributed by atoms with van der Waals surface area (Å²) in [6, 6.07) is 1.43. The largest absolute Gasteiger partial charge is 0.493 e. The van der Waals surface area contributed by atoms with Gasteiger partial charge in [-0.25, -0.2) is 12.7 Å². The Morgan fingerprint density at radius 1 is 1.35 bits per heavy atom. The fraction of sp³-hybridized carbons (Fsp3) is 0.429. The molecule has 3 rings (SSSR count). The van der Waals surface area contributed by atoms with E-state index in [9.17, 15) is 18.4 Å². The summed E-state index contributed by atoms with van der Waals surface area (Å²) in [5.74, 6) is -0.337. The van der Waals surface area contributed by atoms with Crippen LogP contribution in [0.4, 0.5) is 5.69 Å². The van der Waals surface area contributed by atoms with Crippen LogP contribution in [-0.4, -0.2) is 55.4 Å². The van der Waals surface area contributed by atoms with Gasteiger partial charge < -0.3 is 15.0 Å². The lowest BCUT2D eigenvalue weighted by molar-refractivity contribution is 0.310. The fourth-order valence-corrected chi connectivity index (χ4v) is 4.17. The van der Waals surface area contributed by atoms with E-state index in [1.54, 1.807) is 0 Å². The van der Waals surface area contributed by atoms with Gasteiger partial charge >= 0.3 is 0 Å². The first-order chi connectivity index (χ1) is 10.8. The molecule has 1 aromatic carbocycles. The lowest BCUT2D eigenvalue weighted by Crippen LogP contribution is -2.30. The van der Waals surface area contributed by atoms with Gasteiger partial charge in [-0.1, -0.05) is 0 Å². The number of aromatic amines is 1. The van der Waals surface area contributed by atoms with E-state index in [1.165, 1.54) is 20.2 Å². The van der Waals surface area contributed by atoms with Crippen LogP contribution in [0.5, 0.6) is 5.88 Å². The quantitative estimate of drug-likeness (QED) is 0.825. The van der Waals surface area contributed by atoms with Crippen LogP contribution in [0.1, 0.15) is 11.1 Å². The van der Waals surface area contributed by atoms with Crippen molar-refractivity contribution >= 4 is 26.6 Å². The summed E-state index contributed by atoms with van der Waals surface area (Å²) in [5, 5.41) is 13.0. The number of aromatic nitrogens is 1. The molecule has 1 aromatic heterocycles. The standard InChI is InChI=1S/C14H18N4O4S/c1-17(2)23(21,22)11-6-9-12(15-14(19)13(9)16-20)8-4-5-18(3)7-10(8)11/h6,15,19H,4-5,7H2,1-3H3. The van der Waals surface area contributed by atoms with E-state index in [4.69, 9.17) is 0 Å². The molecule has 0 radical (unpaired) electrons. The van der Waals surface area contributed by atoms with Crippen LogP contribution in [-0.2, 0) is 23.0 Å². The number of likely N-dealkylation sites (N-methyl/N-ethyl adjacent to an activating group) is 1. The Kier molecular flexibility index (Phi) is 3.66. The SMILES string of the molecule is CN1CCc2c(c(S(=O)(=O)N(C)C)cc3c(N=O)c(O)[nH]c23)C1. The molecule has 0 unspecified atom stereocenters. The second-order valence-corrected chi connectivity index (χ2v) is 8.06. The van der Waals surface area contributed by atoms with Gasteiger partial charge in [-0.05, 0) is 35.8 Å². The Morgan fingerprint density at radius 3 is 2.65 bits per heavy atom. The minimum Gasteiger partial charge on any atom is -0.493 e. The molecule has 124 valence electrons. The monoisotopic (exact) mass is 338 g/mol. The first-order valence-electron chi connectivity index (χ1n) is 7.11. The number of sulfonamides is 1. The van der Waals surface area contributed by atoms with E-state index < -0.39 is 10.0 Å². The average Bonchev–Trinajstić information content (AvgIpc) is 2.81. The molecular formula is C14H18N4O4S.